The summed E-state index contributed by atoms with van der Waals surface area (Å²) in [7, 11) is 1.60. The van der Waals surface area contributed by atoms with Crippen LogP contribution in [-0.2, 0) is 4.79 Å². The van der Waals surface area contributed by atoms with Gasteiger partial charge >= 0.3 is 12.0 Å². The lowest BCUT2D eigenvalue weighted by atomic mass is 9.90. The molecule has 0 aliphatic heterocycles. The summed E-state index contributed by atoms with van der Waals surface area (Å²) in [5.74, 6) is -1.44. The van der Waals surface area contributed by atoms with Crippen LogP contribution in [0.4, 0.5) is 4.79 Å². The van der Waals surface area contributed by atoms with Crippen LogP contribution in [0.2, 0.25) is 0 Å². The Morgan fingerprint density at radius 1 is 1.41 bits per heavy atom. The first kappa shape index (κ1) is 15.7. The summed E-state index contributed by atoms with van der Waals surface area (Å²) >= 11 is 0. The molecule has 0 spiro atoms. The van der Waals surface area contributed by atoms with E-state index < -0.39 is 11.9 Å². The molecule has 2 amide bonds. The van der Waals surface area contributed by atoms with Crippen molar-refractivity contribution in [2.45, 2.75) is 34.1 Å². The number of carboxylic acid groups (broad SMARTS) is 1. The van der Waals surface area contributed by atoms with Gasteiger partial charge in [0.05, 0.1) is 5.92 Å². The molecule has 0 aliphatic rings. The molecule has 100 valence electrons. The van der Waals surface area contributed by atoms with Gasteiger partial charge in [-0.05, 0) is 11.8 Å². The molecule has 5 nitrogen and oxygen atoms in total. The zero-order chi connectivity index (χ0) is 13.6. The fraction of sp³-hybridized carbons (Fsp3) is 0.833. The highest BCUT2D eigenvalue weighted by molar-refractivity contribution is 5.75. The lowest BCUT2D eigenvalue weighted by Crippen LogP contribution is -2.43. The van der Waals surface area contributed by atoms with Gasteiger partial charge in [0.2, 0.25) is 0 Å². The fourth-order valence-electron chi connectivity index (χ4n) is 1.15. The average molecular weight is 244 g/mol. The summed E-state index contributed by atoms with van der Waals surface area (Å²) in [6.07, 6.45) is 0.975. The largest absolute Gasteiger partial charge is 0.481 e. The number of hydrogen-bond donors (Lipinski definition) is 2. The summed E-state index contributed by atoms with van der Waals surface area (Å²) in [6.45, 7) is 8.62. The smallest absolute Gasteiger partial charge is 0.317 e. The normalized spacial score (nSPS) is 13.0. The molecule has 0 fully saturated rings. The zero-order valence-electron chi connectivity index (χ0n) is 11.4. The first-order chi connectivity index (χ1) is 7.69. The number of nitrogens with zero attached hydrogens (tertiary/aromatic N) is 1. The lowest BCUT2D eigenvalue weighted by Gasteiger charge is -2.26. The van der Waals surface area contributed by atoms with E-state index in [0.717, 1.165) is 6.42 Å². The molecule has 5 heteroatoms. The third-order valence-electron chi connectivity index (χ3n) is 2.99. The van der Waals surface area contributed by atoms with Crippen molar-refractivity contribution in [3.05, 3.63) is 0 Å². The summed E-state index contributed by atoms with van der Waals surface area (Å²) < 4.78 is 0. The minimum Gasteiger partial charge on any atom is -0.481 e. The van der Waals surface area contributed by atoms with E-state index in [9.17, 15) is 9.59 Å². The standard InChI is InChI=1S/C12H24N2O3/c1-6-12(3,4)8-13-11(17)14(5)7-9(2)10(15)16/h9H,6-8H2,1-5H3,(H,13,17)(H,15,16). The number of urea groups is 1. The Morgan fingerprint density at radius 3 is 2.35 bits per heavy atom. The first-order valence-electron chi connectivity index (χ1n) is 5.91. The van der Waals surface area contributed by atoms with E-state index in [1.165, 1.54) is 4.90 Å². The van der Waals surface area contributed by atoms with Crippen LogP contribution in [0.1, 0.15) is 34.1 Å². The molecular formula is C12H24N2O3. The molecule has 0 aromatic carbocycles. The van der Waals surface area contributed by atoms with Crippen molar-refractivity contribution in [2.75, 3.05) is 20.1 Å². The van der Waals surface area contributed by atoms with Gasteiger partial charge < -0.3 is 15.3 Å². The van der Waals surface area contributed by atoms with E-state index in [2.05, 4.69) is 26.1 Å². The predicted octanol–water partition coefficient (Wildman–Crippen LogP) is 1.78. The maximum Gasteiger partial charge on any atom is 0.317 e. The van der Waals surface area contributed by atoms with Gasteiger partial charge in [-0.25, -0.2) is 4.79 Å². The third-order valence-corrected chi connectivity index (χ3v) is 2.99. The molecule has 0 aromatic rings. The molecule has 17 heavy (non-hydrogen) atoms. The van der Waals surface area contributed by atoms with Crippen molar-refractivity contribution in [3.63, 3.8) is 0 Å². The molecular weight excluding hydrogens is 220 g/mol. The minimum atomic E-state index is -0.890. The highest BCUT2D eigenvalue weighted by Crippen LogP contribution is 2.17. The number of amides is 2. The van der Waals surface area contributed by atoms with Crippen LogP contribution >= 0.6 is 0 Å². The molecule has 0 aliphatic carbocycles. The highest BCUT2D eigenvalue weighted by Gasteiger charge is 2.20. The second-order valence-corrected chi connectivity index (χ2v) is 5.30. The molecule has 0 bridgehead atoms. The number of hydrogen-bond acceptors (Lipinski definition) is 2. The van der Waals surface area contributed by atoms with Crippen molar-refractivity contribution >= 4 is 12.0 Å². The molecule has 0 rings (SSSR count). The lowest BCUT2D eigenvalue weighted by molar-refractivity contribution is -0.141. The van der Waals surface area contributed by atoms with Gasteiger partial charge in [-0.1, -0.05) is 27.7 Å². The second kappa shape index (κ2) is 6.47. The van der Waals surface area contributed by atoms with Crippen LogP contribution in [0.5, 0.6) is 0 Å². The topological polar surface area (TPSA) is 69.6 Å². The van der Waals surface area contributed by atoms with E-state index in [4.69, 9.17) is 5.11 Å². The van der Waals surface area contributed by atoms with Gasteiger partial charge in [0.15, 0.2) is 0 Å². The van der Waals surface area contributed by atoms with E-state index in [0.29, 0.717) is 6.54 Å². The molecule has 2 N–H and O–H groups in total. The van der Waals surface area contributed by atoms with Crippen molar-refractivity contribution in [2.24, 2.45) is 11.3 Å². The average Bonchev–Trinajstić information content (AvgIpc) is 2.25. The fourth-order valence-corrected chi connectivity index (χ4v) is 1.15. The van der Waals surface area contributed by atoms with Gasteiger partial charge in [0.1, 0.15) is 0 Å². The van der Waals surface area contributed by atoms with Gasteiger partial charge in [-0.2, -0.15) is 0 Å². The van der Waals surface area contributed by atoms with Gasteiger partial charge in [-0.3, -0.25) is 4.79 Å². The molecule has 1 atom stereocenters. The minimum absolute atomic E-state index is 0.0644. The van der Waals surface area contributed by atoms with Crippen LogP contribution < -0.4 is 5.32 Å². The van der Waals surface area contributed by atoms with Crippen LogP contribution in [0.15, 0.2) is 0 Å². The number of aliphatic carboxylic acids is 1. The van der Waals surface area contributed by atoms with Crippen molar-refractivity contribution < 1.29 is 14.7 Å². The number of rotatable bonds is 6. The highest BCUT2D eigenvalue weighted by atomic mass is 16.4. The van der Waals surface area contributed by atoms with Crippen LogP contribution in [0.25, 0.3) is 0 Å². The monoisotopic (exact) mass is 244 g/mol. The summed E-state index contributed by atoms with van der Waals surface area (Å²) in [5, 5.41) is 11.6. The second-order valence-electron chi connectivity index (χ2n) is 5.30. The van der Waals surface area contributed by atoms with E-state index in [1.54, 1.807) is 14.0 Å². The van der Waals surface area contributed by atoms with E-state index in [1.807, 2.05) is 0 Å². The maximum atomic E-state index is 11.7. The van der Waals surface area contributed by atoms with Crippen LogP contribution in [0.3, 0.4) is 0 Å². The predicted molar refractivity (Wildman–Crippen MR) is 66.9 cm³/mol. The molecule has 0 saturated carbocycles. The summed E-state index contributed by atoms with van der Waals surface area (Å²) in [4.78, 5) is 23.8. The molecule has 0 aromatic heterocycles. The summed E-state index contributed by atoms with van der Waals surface area (Å²) in [6, 6.07) is -0.223. The van der Waals surface area contributed by atoms with Crippen molar-refractivity contribution in [1.29, 1.82) is 0 Å². The van der Waals surface area contributed by atoms with E-state index >= 15 is 0 Å². The van der Waals surface area contributed by atoms with Gasteiger partial charge in [0, 0.05) is 20.1 Å². The number of carbonyl (C=O) groups excluding carboxylic acids is 1. The Kier molecular flexibility index (Phi) is 5.99. The Balaban J connectivity index is 4.11. The number of carboxylic acids is 1. The Labute approximate surface area is 103 Å². The third kappa shape index (κ3) is 6.14. The zero-order valence-corrected chi connectivity index (χ0v) is 11.4. The Morgan fingerprint density at radius 2 is 1.94 bits per heavy atom. The Hall–Kier alpha value is -1.26. The summed E-state index contributed by atoms with van der Waals surface area (Å²) in [5.41, 5.74) is 0.0644. The molecule has 0 heterocycles. The molecule has 0 saturated heterocycles. The number of nitrogens with one attached hydrogen (secondary N) is 1. The number of carbonyl (C=O) groups is 2. The quantitative estimate of drug-likeness (QED) is 0.748. The first-order valence-corrected chi connectivity index (χ1v) is 5.91. The van der Waals surface area contributed by atoms with Crippen molar-refractivity contribution in [1.82, 2.24) is 10.2 Å². The SMILES string of the molecule is CCC(C)(C)CNC(=O)N(C)CC(C)C(=O)O. The Bertz CT molecular complexity index is 277. The van der Waals surface area contributed by atoms with Gasteiger partial charge in [-0.15, -0.1) is 0 Å². The van der Waals surface area contributed by atoms with Gasteiger partial charge in [0.25, 0.3) is 0 Å². The maximum absolute atomic E-state index is 11.7. The van der Waals surface area contributed by atoms with Crippen molar-refractivity contribution in [3.8, 4) is 0 Å². The molecule has 1 unspecified atom stereocenters. The molecule has 0 radical (unpaired) electrons. The van der Waals surface area contributed by atoms with E-state index in [-0.39, 0.29) is 18.0 Å². The van der Waals surface area contributed by atoms with Crippen LogP contribution in [-0.4, -0.2) is 42.1 Å². The van der Waals surface area contributed by atoms with Crippen LogP contribution in [0, 0.1) is 11.3 Å².